The average molecular weight is 228 g/mol. The number of furan rings is 1. The van der Waals surface area contributed by atoms with Gasteiger partial charge in [0.2, 0.25) is 0 Å². The SMILES string of the molecule is Cc1nc(N)c2c(Cc3ccco3)c[nH]c2n1. The van der Waals surface area contributed by atoms with Gasteiger partial charge in [-0.25, -0.2) is 9.97 Å². The number of fused-ring (bicyclic) bond motifs is 1. The van der Waals surface area contributed by atoms with Crippen molar-refractivity contribution in [1.82, 2.24) is 15.0 Å². The zero-order chi connectivity index (χ0) is 11.8. The molecule has 0 saturated heterocycles. The van der Waals surface area contributed by atoms with Crippen molar-refractivity contribution in [3.05, 3.63) is 41.7 Å². The van der Waals surface area contributed by atoms with Gasteiger partial charge in [-0.1, -0.05) is 0 Å². The lowest BCUT2D eigenvalue weighted by molar-refractivity contribution is 0.521. The number of aromatic nitrogens is 3. The highest BCUT2D eigenvalue weighted by atomic mass is 16.3. The van der Waals surface area contributed by atoms with Crippen LogP contribution in [0.15, 0.2) is 29.0 Å². The van der Waals surface area contributed by atoms with Crippen LogP contribution in [0, 0.1) is 6.92 Å². The van der Waals surface area contributed by atoms with E-state index in [0.717, 1.165) is 22.4 Å². The van der Waals surface area contributed by atoms with Gasteiger partial charge in [0.1, 0.15) is 23.0 Å². The molecular formula is C12H12N4O. The van der Waals surface area contributed by atoms with Crippen LogP contribution in [0.4, 0.5) is 5.82 Å². The quantitative estimate of drug-likeness (QED) is 0.703. The smallest absolute Gasteiger partial charge is 0.143 e. The van der Waals surface area contributed by atoms with E-state index >= 15 is 0 Å². The van der Waals surface area contributed by atoms with E-state index in [1.54, 1.807) is 6.26 Å². The molecule has 0 aliphatic rings. The third-order valence-electron chi connectivity index (χ3n) is 2.70. The zero-order valence-electron chi connectivity index (χ0n) is 9.40. The fraction of sp³-hybridized carbons (Fsp3) is 0.167. The Morgan fingerprint density at radius 3 is 3.06 bits per heavy atom. The monoisotopic (exact) mass is 228 g/mol. The Morgan fingerprint density at radius 2 is 2.29 bits per heavy atom. The number of hydrogen-bond acceptors (Lipinski definition) is 4. The maximum absolute atomic E-state index is 5.93. The van der Waals surface area contributed by atoms with Crippen LogP contribution >= 0.6 is 0 Å². The number of anilines is 1. The van der Waals surface area contributed by atoms with E-state index in [4.69, 9.17) is 10.2 Å². The Morgan fingerprint density at radius 1 is 1.41 bits per heavy atom. The highest BCUT2D eigenvalue weighted by molar-refractivity contribution is 5.89. The van der Waals surface area contributed by atoms with Gasteiger partial charge in [-0.3, -0.25) is 0 Å². The summed E-state index contributed by atoms with van der Waals surface area (Å²) >= 11 is 0. The summed E-state index contributed by atoms with van der Waals surface area (Å²) in [5, 5.41) is 0.881. The number of aromatic amines is 1. The molecule has 3 heterocycles. The Labute approximate surface area is 97.7 Å². The van der Waals surface area contributed by atoms with Gasteiger partial charge < -0.3 is 15.1 Å². The first-order chi connectivity index (χ1) is 8.24. The standard InChI is InChI=1S/C12H12N4O/c1-7-15-11(13)10-8(6-14-12(10)16-7)5-9-3-2-4-17-9/h2-4,6H,5H2,1H3,(H3,13,14,15,16). The Balaban J connectivity index is 2.12. The number of nitrogen functional groups attached to an aromatic ring is 1. The molecule has 0 aliphatic heterocycles. The molecular weight excluding hydrogens is 216 g/mol. The van der Waals surface area contributed by atoms with Gasteiger partial charge in [-0.05, 0) is 24.6 Å². The summed E-state index contributed by atoms with van der Waals surface area (Å²) in [7, 11) is 0. The van der Waals surface area contributed by atoms with E-state index in [1.165, 1.54) is 0 Å². The lowest BCUT2D eigenvalue weighted by atomic mass is 10.1. The molecule has 0 aliphatic carbocycles. The van der Waals surface area contributed by atoms with Crippen LogP contribution in [0.5, 0.6) is 0 Å². The van der Waals surface area contributed by atoms with Crippen molar-refractivity contribution in [1.29, 1.82) is 0 Å². The average Bonchev–Trinajstić information content (AvgIpc) is 2.88. The largest absolute Gasteiger partial charge is 0.469 e. The van der Waals surface area contributed by atoms with Crippen LogP contribution in [0.25, 0.3) is 11.0 Å². The van der Waals surface area contributed by atoms with Gasteiger partial charge in [0.05, 0.1) is 11.6 Å². The minimum Gasteiger partial charge on any atom is -0.469 e. The first kappa shape index (κ1) is 9.89. The van der Waals surface area contributed by atoms with Gasteiger partial charge in [-0.2, -0.15) is 0 Å². The second-order valence-electron chi connectivity index (χ2n) is 3.95. The van der Waals surface area contributed by atoms with Gasteiger partial charge in [0.15, 0.2) is 0 Å². The second kappa shape index (κ2) is 3.62. The summed E-state index contributed by atoms with van der Waals surface area (Å²) in [4.78, 5) is 11.6. The molecule has 0 unspecified atom stereocenters. The van der Waals surface area contributed by atoms with Crippen LogP contribution in [0.3, 0.4) is 0 Å². The molecule has 3 aromatic heterocycles. The number of nitrogens with one attached hydrogen (secondary N) is 1. The van der Waals surface area contributed by atoms with Crippen LogP contribution in [-0.2, 0) is 6.42 Å². The van der Waals surface area contributed by atoms with E-state index in [-0.39, 0.29) is 0 Å². The molecule has 0 aromatic carbocycles. The van der Waals surface area contributed by atoms with Gasteiger partial charge in [-0.15, -0.1) is 0 Å². The number of hydrogen-bond donors (Lipinski definition) is 2. The summed E-state index contributed by atoms with van der Waals surface area (Å²) < 4.78 is 5.32. The number of aryl methyl sites for hydroxylation is 1. The molecule has 0 spiro atoms. The molecule has 0 atom stereocenters. The molecule has 0 fully saturated rings. The number of nitrogens with two attached hydrogens (primary N) is 1. The predicted octanol–water partition coefficient (Wildman–Crippen LogP) is 2.03. The van der Waals surface area contributed by atoms with E-state index in [2.05, 4.69) is 15.0 Å². The molecule has 0 amide bonds. The zero-order valence-corrected chi connectivity index (χ0v) is 9.40. The van der Waals surface area contributed by atoms with Crippen molar-refractivity contribution in [2.75, 3.05) is 5.73 Å². The van der Waals surface area contributed by atoms with Gasteiger partial charge in [0, 0.05) is 12.6 Å². The molecule has 86 valence electrons. The van der Waals surface area contributed by atoms with Crippen molar-refractivity contribution >= 4 is 16.9 Å². The molecule has 0 saturated carbocycles. The number of H-pyrrole nitrogens is 1. The fourth-order valence-electron chi connectivity index (χ4n) is 1.98. The van der Waals surface area contributed by atoms with E-state index in [1.807, 2.05) is 25.3 Å². The molecule has 3 rings (SSSR count). The molecule has 17 heavy (non-hydrogen) atoms. The second-order valence-corrected chi connectivity index (χ2v) is 3.95. The summed E-state index contributed by atoms with van der Waals surface area (Å²) in [6.07, 6.45) is 4.25. The van der Waals surface area contributed by atoms with Crippen molar-refractivity contribution < 1.29 is 4.42 Å². The van der Waals surface area contributed by atoms with Crippen LogP contribution in [0.2, 0.25) is 0 Å². The minimum atomic E-state index is 0.510. The molecule has 0 bridgehead atoms. The first-order valence-electron chi connectivity index (χ1n) is 5.36. The van der Waals surface area contributed by atoms with E-state index in [9.17, 15) is 0 Å². The third-order valence-corrected chi connectivity index (χ3v) is 2.70. The van der Waals surface area contributed by atoms with Gasteiger partial charge in [0.25, 0.3) is 0 Å². The van der Waals surface area contributed by atoms with Gasteiger partial charge >= 0.3 is 0 Å². The summed E-state index contributed by atoms with van der Waals surface area (Å²) in [5.74, 6) is 2.07. The summed E-state index contributed by atoms with van der Waals surface area (Å²) in [6.45, 7) is 1.82. The first-order valence-corrected chi connectivity index (χ1v) is 5.36. The Bertz CT molecular complexity index is 655. The molecule has 3 aromatic rings. The van der Waals surface area contributed by atoms with E-state index in [0.29, 0.717) is 18.1 Å². The highest BCUT2D eigenvalue weighted by Gasteiger charge is 2.11. The topological polar surface area (TPSA) is 80.7 Å². The maximum Gasteiger partial charge on any atom is 0.143 e. The van der Waals surface area contributed by atoms with Crippen LogP contribution < -0.4 is 5.73 Å². The molecule has 5 heteroatoms. The van der Waals surface area contributed by atoms with Crippen molar-refractivity contribution in [3.63, 3.8) is 0 Å². The lowest BCUT2D eigenvalue weighted by Crippen LogP contribution is -1.97. The summed E-state index contributed by atoms with van der Waals surface area (Å²) in [5.41, 5.74) is 7.75. The number of rotatable bonds is 2. The van der Waals surface area contributed by atoms with Crippen LogP contribution in [0.1, 0.15) is 17.1 Å². The Hall–Kier alpha value is -2.30. The fourth-order valence-corrected chi connectivity index (χ4v) is 1.98. The Kier molecular flexibility index (Phi) is 2.11. The number of nitrogens with zero attached hydrogens (tertiary/aromatic N) is 2. The van der Waals surface area contributed by atoms with Crippen molar-refractivity contribution in [2.45, 2.75) is 13.3 Å². The normalized spacial score (nSPS) is 11.1. The van der Waals surface area contributed by atoms with Crippen molar-refractivity contribution in [2.24, 2.45) is 0 Å². The highest BCUT2D eigenvalue weighted by Crippen LogP contribution is 2.24. The molecule has 3 N–H and O–H groups in total. The van der Waals surface area contributed by atoms with Crippen molar-refractivity contribution in [3.8, 4) is 0 Å². The maximum atomic E-state index is 5.93. The lowest BCUT2D eigenvalue weighted by Gasteiger charge is -2.00. The van der Waals surface area contributed by atoms with E-state index < -0.39 is 0 Å². The molecule has 5 nitrogen and oxygen atoms in total. The summed E-state index contributed by atoms with van der Waals surface area (Å²) in [6, 6.07) is 3.80. The molecule has 0 radical (unpaired) electrons. The van der Waals surface area contributed by atoms with Crippen LogP contribution in [-0.4, -0.2) is 15.0 Å². The predicted molar refractivity (Wildman–Crippen MR) is 64.6 cm³/mol. The minimum absolute atomic E-state index is 0.510. The third kappa shape index (κ3) is 1.65.